The highest BCUT2D eigenvalue weighted by atomic mass is 19.1. The average Bonchev–Trinajstić information content (AvgIpc) is 2.56. The van der Waals surface area contributed by atoms with Gasteiger partial charge in [-0.15, -0.1) is 0 Å². The summed E-state index contributed by atoms with van der Waals surface area (Å²) in [6, 6.07) is 5.67. The highest BCUT2D eigenvalue weighted by molar-refractivity contribution is 5.94. The molecule has 1 aromatic carbocycles. The van der Waals surface area contributed by atoms with Gasteiger partial charge in [0.25, 0.3) is 0 Å². The van der Waals surface area contributed by atoms with Crippen molar-refractivity contribution < 1.29 is 18.7 Å². The molecule has 1 aromatic rings. The molecule has 1 aliphatic rings. The van der Waals surface area contributed by atoms with Crippen LogP contribution in [0, 0.1) is 5.82 Å². The molecule has 6 nitrogen and oxygen atoms in total. The second-order valence-corrected chi connectivity index (χ2v) is 5.37. The standard InChI is InChI=1S/C16H22FN3O3/c1-3-23-16(22)20-10-8-19(9-11-20)12(2)15(21)18-14-7-5-4-6-13(14)17/h4-7,12H,3,8-11H2,1-2H3,(H,18,21)/t12-/m1/s1. The lowest BCUT2D eigenvalue weighted by Crippen LogP contribution is -2.54. The first kappa shape index (κ1) is 17.2. The molecule has 7 heteroatoms. The lowest BCUT2D eigenvalue weighted by Gasteiger charge is -2.36. The molecule has 2 amide bonds. The van der Waals surface area contributed by atoms with E-state index >= 15 is 0 Å². The molecule has 0 unspecified atom stereocenters. The van der Waals surface area contributed by atoms with Crippen LogP contribution in [0.25, 0.3) is 0 Å². The van der Waals surface area contributed by atoms with E-state index in [9.17, 15) is 14.0 Å². The zero-order valence-corrected chi connectivity index (χ0v) is 13.4. The van der Waals surface area contributed by atoms with Crippen LogP contribution in [0.4, 0.5) is 14.9 Å². The Hall–Kier alpha value is -2.15. The van der Waals surface area contributed by atoms with Gasteiger partial charge in [0.15, 0.2) is 0 Å². The first-order chi connectivity index (χ1) is 11.0. The maximum absolute atomic E-state index is 13.6. The van der Waals surface area contributed by atoms with E-state index in [-0.39, 0.29) is 17.7 Å². The lowest BCUT2D eigenvalue weighted by molar-refractivity contribution is -0.121. The molecule has 1 atom stereocenters. The summed E-state index contributed by atoms with van der Waals surface area (Å²) >= 11 is 0. The Morgan fingerprint density at radius 2 is 1.91 bits per heavy atom. The van der Waals surface area contributed by atoms with Crippen LogP contribution >= 0.6 is 0 Å². The second-order valence-electron chi connectivity index (χ2n) is 5.37. The number of amides is 2. The summed E-state index contributed by atoms with van der Waals surface area (Å²) in [6.07, 6.45) is -0.324. The first-order valence-corrected chi connectivity index (χ1v) is 7.74. The van der Waals surface area contributed by atoms with E-state index in [0.717, 1.165) is 0 Å². The van der Waals surface area contributed by atoms with Crippen molar-refractivity contribution in [3.8, 4) is 0 Å². The number of benzene rings is 1. The van der Waals surface area contributed by atoms with Gasteiger partial charge in [-0.3, -0.25) is 9.69 Å². The van der Waals surface area contributed by atoms with Crippen molar-refractivity contribution in [1.29, 1.82) is 0 Å². The fourth-order valence-corrected chi connectivity index (χ4v) is 2.47. The molecule has 0 spiro atoms. The molecule has 0 radical (unpaired) electrons. The molecule has 1 N–H and O–H groups in total. The zero-order valence-electron chi connectivity index (χ0n) is 13.4. The first-order valence-electron chi connectivity index (χ1n) is 7.74. The van der Waals surface area contributed by atoms with Crippen molar-refractivity contribution in [1.82, 2.24) is 9.80 Å². The maximum atomic E-state index is 13.6. The average molecular weight is 323 g/mol. The Labute approximate surface area is 135 Å². The van der Waals surface area contributed by atoms with E-state index in [1.807, 2.05) is 4.90 Å². The second kappa shape index (κ2) is 7.92. The minimum absolute atomic E-state index is 0.175. The van der Waals surface area contributed by atoms with Crippen molar-refractivity contribution in [2.45, 2.75) is 19.9 Å². The topological polar surface area (TPSA) is 61.9 Å². The van der Waals surface area contributed by atoms with Gasteiger partial charge < -0.3 is 15.0 Å². The predicted molar refractivity (Wildman–Crippen MR) is 84.7 cm³/mol. The van der Waals surface area contributed by atoms with Gasteiger partial charge in [0.2, 0.25) is 5.91 Å². The molecule has 1 aliphatic heterocycles. The number of piperazine rings is 1. The number of para-hydroxylation sites is 1. The lowest BCUT2D eigenvalue weighted by atomic mass is 10.2. The van der Waals surface area contributed by atoms with Crippen molar-refractivity contribution >= 4 is 17.7 Å². The largest absolute Gasteiger partial charge is 0.450 e. The van der Waals surface area contributed by atoms with Crippen LogP contribution in [0.5, 0.6) is 0 Å². The quantitative estimate of drug-likeness (QED) is 0.920. The van der Waals surface area contributed by atoms with Gasteiger partial charge in [-0.2, -0.15) is 0 Å². The molecule has 0 saturated carbocycles. The third-order valence-electron chi connectivity index (χ3n) is 3.90. The maximum Gasteiger partial charge on any atom is 0.409 e. The molecule has 1 heterocycles. The number of ether oxygens (including phenoxy) is 1. The molecule has 1 fully saturated rings. The number of hydrogen-bond donors (Lipinski definition) is 1. The van der Waals surface area contributed by atoms with Gasteiger partial charge in [-0.25, -0.2) is 9.18 Å². The number of halogens is 1. The van der Waals surface area contributed by atoms with Gasteiger partial charge in [0.05, 0.1) is 18.3 Å². The van der Waals surface area contributed by atoms with Crippen molar-refractivity contribution in [3.63, 3.8) is 0 Å². The molecule has 0 aliphatic carbocycles. The van der Waals surface area contributed by atoms with Crippen LogP contribution in [0.2, 0.25) is 0 Å². The number of rotatable bonds is 4. The molecule has 2 rings (SSSR count). The summed E-state index contributed by atoms with van der Waals surface area (Å²) in [5.41, 5.74) is 0.175. The fourth-order valence-electron chi connectivity index (χ4n) is 2.47. The molecule has 1 saturated heterocycles. The van der Waals surface area contributed by atoms with Crippen LogP contribution in [0.15, 0.2) is 24.3 Å². The molecule has 126 valence electrons. The number of hydrogen-bond acceptors (Lipinski definition) is 4. The molecule has 23 heavy (non-hydrogen) atoms. The monoisotopic (exact) mass is 323 g/mol. The summed E-state index contributed by atoms with van der Waals surface area (Å²) < 4.78 is 18.5. The number of nitrogens with one attached hydrogen (secondary N) is 1. The van der Waals surface area contributed by atoms with Crippen LogP contribution < -0.4 is 5.32 Å². The predicted octanol–water partition coefficient (Wildman–Crippen LogP) is 1.93. The smallest absolute Gasteiger partial charge is 0.409 e. The van der Waals surface area contributed by atoms with Crippen molar-refractivity contribution in [3.05, 3.63) is 30.1 Å². The van der Waals surface area contributed by atoms with Crippen LogP contribution in [0.1, 0.15) is 13.8 Å². The minimum atomic E-state index is -0.458. The summed E-state index contributed by atoms with van der Waals surface area (Å²) in [5, 5.41) is 2.60. The van der Waals surface area contributed by atoms with E-state index in [2.05, 4.69) is 5.32 Å². The van der Waals surface area contributed by atoms with Gasteiger partial charge >= 0.3 is 6.09 Å². The Kier molecular flexibility index (Phi) is 5.92. The van der Waals surface area contributed by atoms with E-state index < -0.39 is 11.9 Å². The normalized spacial score (nSPS) is 16.7. The Bertz CT molecular complexity index is 559. The van der Waals surface area contributed by atoms with Crippen LogP contribution in [-0.4, -0.2) is 60.6 Å². The molecular formula is C16H22FN3O3. The molecule has 0 bridgehead atoms. The summed E-state index contributed by atoms with van der Waals surface area (Å²) in [7, 11) is 0. The highest BCUT2D eigenvalue weighted by Gasteiger charge is 2.28. The Morgan fingerprint density at radius 3 is 2.52 bits per heavy atom. The van der Waals surface area contributed by atoms with E-state index in [4.69, 9.17) is 4.74 Å². The van der Waals surface area contributed by atoms with Crippen molar-refractivity contribution in [2.75, 3.05) is 38.1 Å². The molecular weight excluding hydrogens is 301 g/mol. The van der Waals surface area contributed by atoms with Crippen molar-refractivity contribution in [2.24, 2.45) is 0 Å². The highest BCUT2D eigenvalue weighted by Crippen LogP contribution is 2.14. The van der Waals surface area contributed by atoms with Gasteiger partial charge in [0.1, 0.15) is 5.82 Å². The number of carbonyl (C=O) groups is 2. The zero-order chi connectivity index (χ0) is 16.8. The number of carbonyl (C=O) groups excluding carboxylic acids is 2. The minimum Gasteiger partial charge on any atom is -0.450 e. The van der Waals surface area contributed by atoms with E-state index in [0.29, 0.717) is 32.8 Å². The Morgan fingerprint density at radius 1 is 1.26 bits per heavy atom. The summed E-state index contributed by atoms with van der Waals surface area (Å²) in [6.45, 7) is 6.06. The third kappa shape index (κ3) is 4.41. The van der Waals surface area contributed by atoms with Gasteiger partial charge in [0, 0.05) is 26.2 Å². The third-order valence-corrected chi connectivity index (χ3v) is 3.90. The van der Waals surface area contributed by atoms with Crippen LogP contribution in [-0.2, 0) is 9.53 Å². The van der Waals surface area contributed by atoms with Gasteiger partial charge in [-0.05, 0) is 26.0 Å². The van der Waals surface area contributed by atoms with E-state index in [1.165, 1.54) is 12.1 Å². The Balaban J connectivity index is 1.87. The SMILES string of the molecule is CCOC(=O)N1CCN([C@H](C)C(=O)Nc2ccccc2F)CC1. The van der Waals surface area contributed by atoms with Gasteiger partial charge in [-0.1, -0.05) is 12.1 Å². The molecule has 0 aromatic heterocycles. The van der Waals surface area contributed by atoms with Crippen LogP contribution in [0.3, 0.4) is 0 Å². The summed E-state index contributed by atoms with van der Waals surface area (Å²) in [5.74, 6) is -0.722. The fraction of sp³-hybridized carbons (Fsp3) is 0.500. The summed E-state index contributed by atoms with van der Waals surface area (Å²) in [4.78, 5) is 27.5. The number of anilines is 1. The number of nitrogens with zero attached hydrogens (tertiary/aromatic N) is 2. The van der Waals surface area contributed by atoms with E-state index in [1.54, 1.807) is 30.9 Å².